The number of aryl methyl sites for hydroxylation is 2. The van der Waals surface area contributed by atoms with E-state index in [9.17, 15) is 4.89 Å². The van der Waals surface area contributed by atoms with Gasteiger partial charge in [-0.05, 0) is 57.8 Å². The van der Waals surface area contributed by atoms with Gasteiger partial charge < -0.3 is 8.39 Å². The minimum Gasteiger partial charge on any atom is -0.399 e. The molecule has 0 saturated heterocycles. The first kappa shape index (κ1) is 26.9. The maximum Gasteiger partial charge on any atom is 0.384 e. The van der Waals surface area contributed by atoms with Crippen LogP contribution in [0.5, 0.6) is 0 Å². The molecule has 0 aliphatic carbocycles. The number of fused-ring (bicyclic) bond motifs is 3. The molecule has 0 atom stereocenters. The van der Waals surface area contributed by atoms with Crippen molar-refractivity contribution in [2.24, 2.45) is 0 Å². The lowest BCUT2D eigenvalue weighted by molar-refractivity contribution is 0.485. The Kier molecular flexibility index (Phi) is 6.46. The summed E-state index contributed by atoms with van der Waals surface area (Å²) in [4.78, 5) is 11.0. The maximum absolute atomic E-state index is 11.0. The van der Waals surface area contributed by atoms with Crippen LogP contribution in [-0.4, -0.2) is 4.89 Å². The summed E-state index contributed by atoms with van der Waals surface area (Å²) < 4.78 is 12.6. The van der Waals surface area contributed by atoms with E-state index < -0.39 is 8.24 Å². The van der Waals surface area contributed by atoms with Crippen molar-refractivity contribution in [1.82, 2.24) is 0 Å². The molecule has 0 spiro atoms. The average molecular weight is 485 g/mol. The van der Waals surface area contributed by atoms with Crippen molar-refractivity contribution in [3.8, 4) is 0 Å². The molecule has 0 aliphatic heterocycles. The molecule has 0 aliphatic rings. The Labute approximate surface area is 207 Å². The highest BCUT2D eigenvalue weighted by Gasteiger charge is 2.31. The van der Waals surface area contributed by atoms with E-state index in [-0.39, 0.29) is 21.7 Å². The van der Waals surface area contributed by atoms with Crippen molar-refractivity contribution >= 4 is 30.2 Å². The summed E-state index contributed by atoms with van der Waals surface area (Å²) >= 11 is 0. The number of hydrogen-bond donors (Lipinski definition) is 1. The molecule has 3 rings (SSSR count). The SMILES string of the molecule is Cc1c(C(C)(C)C)cc(C(C)(C)C)c2op(O)oc3c(C(C)(C)C)cc(C(C)(C)C)c(C)c3c12. The quantitative estimate of drug-likeness (QED) is 0.345. The van der Waals surface area contributed by atoms with Gasteiger partial charge in [-0.3, -0.25) is 4.89 Å². The maximum atomic E-state index is 11.0. The fourth-order valence-electron chi connectivity index (χ4n) is 5.15. The van der Waals surface area contributed by atoms with Crippen LogP contribution < -0.4 is 0 Å². The van der Waals surface area contributed by atoms with Crippen LogP contribution in [0.2, 0.25) is 0 Å². The molecule has 0 fully saturated rings. The molecule has 3 nitrogen and oxygen atoms in total. The zero-order valence-electron chi connectivity index (χ0n) is 23.9. The van der Waals surface area contributed by atoms with Crippen LogP contribution in [0.15, 0.2) is 20.5 Å². The Hall–Kier alpha value is -1.70. The molecule has 0 bridgehead atoms. The third-order valence-electron chi connectivity index (χ3n) is 6.90. The molecule has 0 unspecified atom stereocenters. The van der Waals surface area contributed by atoms with E-state index >= 15 is 0 Å². The molecule has 0 radical (unpaired) electrons. The van der Waals surface area contributed by atoms with Crippen molar-refractivity contribution in [2.45, 2.75) is 119 Å². The lowest BCUT2D eigenvalue weighted by Gasteiger charge is -2.30. The van der Waals surface area contributed by atoms with Gasteiger partial charge in [-0.25, -0.2) is 0 Å². The Morgan fingerprint density at radius 3 is 1.03 bits per heavy atom. The third kappa shape index (κ3) is 4.71. The second-order valence-electron chi connectivity index (χ2n) is 14.0. The van der Waals surface area contributed by atoms with E-state index in [1.165, 1.54) is 22.3 Å². The van der Waals surface area contributed by atoms with Crippen molar-refractivity contribution in [3.05, 3.63) is 45.5 Å². The summed E-state index contributed by atoms with van der Waals surface area (Å²) in [5.41, 5.74) is 8.31. The van der Waals surface area contributed by atoms with Gasteiger partial charge in [0.15, 0.2) is 0 Å². The van der Waals surface area contributed by atoms with Gasteiger partial charge in [-0.1, -0.05) is 95.2 Å². The van der Waals surface area contributed by atoms with Crippen LogP contribution in [-0.2, 0) is 21.7 Å². The van der Waals surface area contributed by atoms with Crippen LogP contribution in [0.25, 0.3) is 21.9 Å². The van der Waals surface area contributed by atoms with Gasteiger partial charge in [-0.15, -0.1) is 0 Å². The predicted octanol–water partition coefficient (Wildman–Crippen LogP) is 9.85. The Balaban J connectivity index is 2.89. The molecule has 3 aromatic rings. The molecule has 1 aromatic heterocycles. The lowest BCUT2D eigenvalue weighted by atomic mass is 9.74. The minimum atomic E-state index is -2.12. The zero-order valence-corrected chi connectivity index (χ0v) is 24.8. The standard InChI is InChI=1S/C30H45O3P/c1-17-19(27(3,4)5)15-21(29(9,10)11)25-23(17)24-18(2)20(28(6,7)8)16-22(30(12,13)14)26(24)33-34(31)32-25/h15-16,31H,1-14H3. The third-order valence-corrected chi connectivity index (χ3v) is 7.58. The highest BCUT2D eigenvalue weighted by atomic mass is 31.1. The highest BCUT2D eigenvalue weighted by molar-refractivity contribution is 7.30. The van der Waals surface area contributed by atoms with Crippen molar-refractivity contribution in [1.29, 1.82) is 0 Å². The van der Waals surface area contributed by atoms with Gasteiger partial charge in [0.2, 0.25) is 0 Å². The molecule has 4 heteroatoms. The topological polar surface area (TPSA) is 46.5 Å². The van der Waals surface area contributed by atoms with Gasteiger partial charge in [0, 0.05) is 21.9 Å². The first-order valence-corrected chi connectivity index (χ1v) is 13.5. The van der Waals surface area contributed by atoms with E-state index in [1.54, 1.807) is 0 Å². The van der Waals surface area contributed by atoms with E-state index in [0.29, 0.717) is 0 Å². The second kappa shape index (κ2) is 8.17. The smallest absolute Gasteiger partial charge is 0.384 e. The first-order chi connectivity index (χ1) is 15.2. The van der Waals surface area contributed by atoms with Crippen molar-refractivity contribution in [2.75, 3.05) is 0 Å². The van der Waals surface area contributed by atoms with Gasteiger partial charge in [-0.2, -0.15) is 0 Å². The van der Waals surface area contributed by atoms with Crippen LogP contribution in [0, 0.1) is 13.8 Å². The first-order valence-electron chi connectivity index (χ1n) is 12.4. The van der Waals surface area contributed by atoms with Gasteiger partial charge in [0.05, 0.1) is 0 Å². The van der Waals surface area contributed by atoms with Gasteiger partial charge in [0.25, 0.3) is 0 Å². The summed E-state index contributed by atoms with van der Waals surface area (Å²) in [5, 5.41) is 2.14. The summed E-state index contributed by atoms with van der Waals surface area (Å²) in [5.74, 6) is 0. The summed E-state index contributed by atoms with van der Waals surface area (Å²) in [7, 11) is -2.12. The molecule has 0 amide bonds. The summed E-state index contributed by atoms with van der Waals surface area (Å²) in [6, 6.07) is 4.58. The minimum absolute atomic E-state index is 0.0429. The Bertz CT molecular complexity index is 1200. The van der Waals surface area contributed by atoms with Crippen LogP contribution in [0.3, 0.4) is 0 Å². The summed E-state index contributed by atoms with van der Waals surface area (Å²) in [6.07, 6.45) is 0. The van der Waals surface area contributed by atoms with Crippen LogP contribution >= 0.6 is 8.24 Å². The molecule has 1 heterocycles. The molecular formula is C30H45O3P. The summed E-state index contributed by atoms with van der Waals surface area (Å²) in [6.45, 7) is 31.2. The number of hydrogen-bond acceptors (Lipinski definition) is 3. The second-order valence-corrected chi connectivity index (χ2v) is 14.9. The molecule has 0 saturated carbocycles. The monoisotopic (exact) mass is 484 g/mol. The van der Waals surface area contributed by atoms with Crippen LogP contribution in [0.1, 0.15) is 116 Å². The van der Waals surface area contributed by atoms with Crippen molar-refractivity contribution in [3.63, 3.8) is 0 Å². The number of rotatable bonds is 0. The molecule has 2 aromatic carbocycles. The lowest BCUT2D eigenvalue weighted by Crippen LogP contribution is -2.19. The van der Waals surface area contributed by atoms with Crippen molar-refractivity contribution < 1.29 is 13.3 Å². The molecule has 188 valence electrons. The molecular weight excluding hydrogens is 439 g/mol. The molecule has 34 heavy (non-hydrogen) atoms. The molecule has 1 N–H and O–H groups in total. The van der Waals surface area contributed by atoms with E-state index in [1.807, 2.05) is 0 Å². The number of benzene rings is 2. The average Bonchev–Trinajstić information content (AvgIpc) is 2.74. The normalized spacial score (nSPS) is 13.7. The fraction of sp³-hybridized carbons (Fsp3) is 0.600. The van der Waals surface area contributed by atoms with E-state index in [4.69, 9.17) is 8.39 Å². The van der Waals surface area contributed by atoms with Gasteiger partial charge >= 0.3 is 8.24 Å². The predicted molar refractivity (Wildman–Crippen MR) is 148 cm³/mol. The van der Waals surface area contributed by atoms with E-state index in [2.05, 4.69) is 109 Å². The Morgan fingerprint density at radius 2 is 0.794 bits per heavy atom. The Morgan fingerprint density at radius 1 is 0.529 bits per heavy atom. The fourth-order valence-corrected chi connectivity index (χ4v) is 5.88. The van der Waals surface area contributed by atoms with E-state index in [0.717, 1.165) is 33.1 Å². The largest absolute Gasteiger partial charge is 0.399 e. The highest BCUT2D eigenvalue weighted by Crippen LogP contribution is 2.47. The van der Waals surface area contributed by atoms with Crippen LogP contribution in [0.4, 0.5) is 0 Å². The zero-order chi connectivity index (χ0) is 26.2. The van der Waals surface area contributed by atoms with Gasteiger partial charge in [0.1, 0.15) is 11.2 Å².